The maximum Gasteiger partial charge on any atom is 0.165 e. The van der Waals surface area contributed by atoms with Gasteiger partial charge in [0.05, 0.1) is 0 Å². The van der Waals surface area contributed by atoms with Gasteiger partial charge in [0.25, 0.3) is 0 Å². The first kappa shape index (κ1) is 6.85. The van der Waals surface area contributed by atoms with E-state index in [4.69, 9.17) is 10.5 Å². The van der Waals surface area contributed by atoms with Crippen LogP contribution in [0.15, 0.2) is 24.3 Å². The molecular weight excluding hydrogens is 136 g/mol. The number of benzene rings is 1. The van der Waals surface area contributed by atoms with Crippen LogP contribution in [0.4, 0.5) is 0 Å². The molecule has 4 heteroatoms. The first-order chi connectivity index (χ1) is 4.86. The Kier molecular flexibility index (Phi) is 2.09. The van der Waals surface area contributed by atoms with Gasteiger partial charge in [-0.25, -0.2) is 10.5 Å². The largest absolute Gasteiger partial charge is 0.340 e. The first-order valence-electron chi connectivity index (χ1n) is 2.59. The van der Waals surface area contributed by atoms with Gasteiger partial charge in [0.1, 0.15) is 0 Å². The Morgan fingerprint density at radius 1 is 0.800 bits per heavy atom. The zero-order valence-electron chi connectivity index (χ0n) is 5.02. The molecule has 0 unspecified atom stereocenters. The molecule has 0 saturated carbocycles. The van der Waals surface area contributed by atoms with Gasteiger partial charge in [-0.15, -0.1) is 0 Å². The van der Waals surface area contributed by atoms with Crippen LogP contribution in [0.2, 0.25) is 0 Å². The molecule has 0 aliphatic rings. The molecule has 4 nitrogen and oxygen atoms in total. The van der Waals surface area contributed by atoms with E-state index in [-0.39, 0.29) is 0 Å². The van der Waals surface area contributed by atoms with Gasteiger partial charge < -0.3 is 9.78 Å². The van der Waals surface area contributed by atoms with Crippen LogP contribution in [0.25, 0.3) is 0 Å². The molecule has 0 aliphatic heterocycles. The minimum absolute atomic E-state index is 0.292. The van der Waals surface area contributed by atoms with Gasteiger partial charge in [-0.2, -0.15) is 0 Å². The van der Waals surface area contributed by atoms with Crippen LogP contribution in [0.5, 0.6) is 11.5 Å². The second-order valence-electron chi connectivity index (χ2n) is 1.65. The summed E-state index contributed by atoms with van der Waals surface area (Å²) >= 11 is 0. The average molecular weight is 142 g/mol. The standard InChI is InChI=1S/C6H6O4/c7-9-5-1-2-6(10-8)4-3-5/h1-4,7-8H. The second kappa shape index (κ2) is 3.05. The summed E-state index contributed by atoms with van der Waals surface area (Å²) in [5.74, 6) is 0.585. The molecule has 0 aliphatic carbocycles. The maximum atomic E-state index is 8.10. The van der Waals surface area contributed by atoms with Crippen molar-refractivity contribution in [3.8, 4) is 11.5 Å². The summed E-state index contributed by atoms with van der Waals surface area (Å²) in [6, 6.07) is 5.80. The lowest BCUT2D eigenvalue weighted by molar-refractivity contribution is -0.141. The summed E-state index contributed by atoms with van der Waals surface area (Å²) in [6.07, 6.45) is 0. The highest BCUT2D eigenvalue weighted by Gasteiger charge is 1.93. The van der Waals surface area contributed by atoms with Gasteiger partial charge in [0.15, 0.2) is 11.5 Å². The van der Waals surface area contributed by atoms with Crippen LogP contribution in [0, 0.1) is 0 Å². The van der Waals surface area contributed by atoms with Crippen LogP contribution >= 0.6 is 0 Å². The van der Waals surface area contributed by atoms with Crippen molar-refractivity contribution in [1.82, 2.24) is 0 Å². The zero-order valence-corrected chi connectivity index (χ0v) is 5.02. The SMILES string of the molecule is OOc1ccc(OO)cc1. The Hall–Kier alpha value is -1.26. The molecule has 0 saturated heterocycles. The Balaban J connectivity index is 2.80. The molecule has 10 heavy (non-hydrogen) atoms. The van der Waals surface area contributed by atoms with Gasteiger partial charge in [0.2, 0.25) is 0 Å². The highest BCUT2D eigenvalue weighted by atomic mass is 17.1. The first-order valence-corrected chi connectivity index (χ1v) is 2.59. The fourth-order valence-corrected chi connectivity index (χ4v) is 0.561. The van der Waals surface area contributed by atoms with Crippen LogP contribution in [0.3, 0.4) is 0 Å². The van der Waals surface area contributed by atoms with Crippen LogP contribution in [0.1, 0.15) is 0 Å². The lowest BCUT2D eigenvalue weighted by Crippen LogP contribution is -1.85. The molecule has 0 spiro atoms. The Morgan fingerprint density at radius 2 is 1.10 bits per heavy atom. The zero-order chi connectivity index (χ0) is 7.40. The maximum absolute atomic E-state index is 8.10. The van der Waals surface area contributed by atoms with Gasteiger partial charge in [0, 0.05) is 0 Å². The number of rotatable bonds is 2. The number of hydrogen-bond donors (Lipinski definition) is 2. The molecule has 1 aromatic carbocycles. The third-order valence-electron chi connectivity index (χ3n) is 1.03. The second-order valence-corrected chi connectivity index (χ2v) is 1.65. The summed E-state index contributed by atoms with van der Waals surface area (Å²) in [4.78, 5) is 7.75. The predicted octanol–water partition coefficient (Wildman–Crippen LogP) is 1.39. The summed E-state index contributed by atoms with van der Waals surface area (Å²) in [7, 11) is 0. The molecule has 1 aromatic rings. The van der Waals surface area contributed by atoms with E-state index in [0.29, 0.717) is 11.5 Å². The normalized spacial score (nSPS) is 9.00. The van der Waals surface area contributed by atoms with E-state index in [1.165, 1.54) is 24.3 Å². The van der Waals surface area contributed by atoms with Gasteiger partial charge >= 0.3 is 0 Å². The van der Waals surface area contributed by atoms with E-state index in [2.05, 4.69) is 9.78 Å². The van der Waals surface area contributed by atoms with Crippen LogP contribution in [-0.4, -0.2) is 10.5 Å². The quantitative estimate of drug-likeness (QED) is 0.484. The fraction of sp³-hybridized carbons (Fsp3) is 0. The van der Waals surface area contributed by atoms with E-state index in [0.717, 1.165) is 0 Å². The van der Waals surface area contributed by atoms with Crippen molar-refractivity contribution in [2.24, 2.45) is 0 Å². The van der Waals surface area contributed by atoms with Crippen molar-refractivity contribution in [3.63, 3.8) is 0 Å². The van der Waals surface area contributed by atoms with E-state index in [9.17, 15) is 0 Å². The van der Waals surface area contributed by atoms with E-state index < -0.39 is 0 Å². The third kappa shape index (κ3) is 1.37. The van der Waals surface area contributed by atoms with Crippen LogP contribution in [-0.2, 0) is 0 Å². The van der Waals surface area contributed by atoms with Crippen molar-refractivity contribution in [1.29, 1.82) is 0 Å². The van der Waals surface area contributed by atoms with Crippen molar-refractivity contribution in [2.75, 3.05) is 0 Å². The Bertz CT molecular complexity index is 170. The topological polar surface area (TPSA) is 58.9 Å². The predicted molar refractivity (Wildman–Crippen MR) is 33.0 cm³/mol. The molecule has 0 fully saturated rings. The molecule has 0 aromatic heterocycles. The number of hydrogen-bond acceptors (Lipinski definition) is 4. The lowest BCUT2D eigenvalue weighted by atomic mass is 10.3. The highest BCUT2D eigenvalue weighted by molar-refractivity contribution is 5.30. The van der Waals surface area contributed by atoms with Gasteiger partial charge in [-0.3, -0.25) is 0 Å². The minimum atomic E-state index is 0.292. The van der Waals surface area contributed by atoms with Crippen molar-refractivity contribution >= 4 is 0 Å². The molecule has 0 bridgehead atoms. The molecule has 1 rings (SSSR count). The third-order valence-corrected chi connectivity index (χ3v) is 1.03. The fourth-order valence-electron chi connectivity index (χ4n) is 0.561. The summed E-state index contributed by atoms with van der Waals surface area (Å²) in [5, 5.41) is 16.2. The van der Waals surface area contributed by atoms with Crippen LogP contribution < -0.4 is 9.78 Å². The molecule has 0 atom stereocenters. The minimum Gasteiger partial charge on any atom is -0.340 e. The van der Waals surface area contributed by atoms with E-state index >= 15 is 0 Å². The van der Waals surface area contributed by atoms with Crippen molar-refractivity contribution < 1.29 is 20.3 Å². The smallest absolute Gasteiger partial charge is 0.165 e. The molecule has 0 amide bonds. The lowest BCUT2D eigenvalue weighted by Gasteiger charge is -1.96. The summed E-state index contributed by atoms with van der Waals surface area (Å²) in [6.45, 7) is 0. The Labute approximate surface area is 57.1 Å². The molecule has 0 radical (unpaired) electrons. The van der Waals surface area contributed by atoms with Gasteiger partial charge in [-0.05, 0) is 24.3 Å². The Morgan fingerprint density at radius 3 is 1.30 bits per heavy atom. The molecule has 2 N–H and O–H groups in total. The van der Waals surface area contributed by atoms with Crippen molar-refractivity contribution in [3.05, 3.63) is 24.3 Å². The monoisotopic (exact) mass is 142 g/mol. The van der Waals surface area contributed by atoms with Crippen molar-refractivity contribution in [2.45, 2.75) is 0 Å². The van der Waals surface area contributed by atoms with E-state index in [1.54, 1.807) is 0 Å². The molecule has 0 heterocycles. The summed E-state index contributed by atoms with van der Waals surface area (Å²) < 4.78 is 0. The van der Waals surface area contributed by atoms with E-state index in [1.807, 2.05) is 0 Å². The summed E-state index contributed by atoms with van der Waals surface area (Å²) in [5.41, 5.74) is 0. The molecular formula is C6H6O4. The van der Waals surface area contributed by atoms with Gasteiger partial charge in [-0.1, -0.05) is 0 Å². The molecule has 54 valence electrons. The average Bonchev–Trinajstić information content (AvgIpc) is 2.05. The highest BCUT2D eigenvalue weighted by Crippen LogP contribution is 2.15.